The van der Waals surface area contributed by atoms with Gasteiger partial charge in [0.15, 0.2) is 0 Å². The lowest BCUT2D eigenvalue weighted by Crippen LogP contribution is -2.36. The zero-order valence-electron chi connectivity index (χ0n) is 18.6. The normalized spacial score (nSPS) is 15.0. The summed E-state index contributed by atoms with van der Waals surface area (Å²) in [6.45, 7) is 3.85. The molecule has 1 N–H and O–H groups in total. The van der Waals surface area contributed by atoms with Crippen LogP contribution >= 0.6 is 11.8 Å². The Morgan fingerprint density at radius 1 is 1.03 bits per heavy atom. The predicted octanol–water partition coefficient (Wildman–Crippen LogP) is 5.65. The van der Waals surface area contributed by atoms with Crippen molar-refractivity contribution in [2.45, 2.75) is 19.8 Å². The van der Waals surface area contributed by atoms with Crippen molar-refractivity contribution in [2.75, 3.05) is 19.0 Å². The molecule has 1 aliphatic heterocycles. The van der Waals surface area contributed by atoms with Crippen LogP contribution < -0.4 is 10.1 Å². The van der Waals surface area contributed by atoms with Crippen LogP contribution in [0, 0.1) is 0 Å². The van der Waals surface area contributed by atoms with E-state index in [-0.39, 0.29) is 11.4 Å². The second kappa shape index (κ2) is 9.50. The van der Waals surface area contributed by atoms with Crippen molar-refractivity contribution < 1.29 is 19.1 Å². The Balaban J connectivity index is 1.50. The zero-order valence-corrected chi connectivity index (χ0v) is 19.4. The van der Waals surface area contributed by atoms with Gasteiger partial charge < -0.3 is 10.1 Å². The first-order valence-electron chi connectivity index (χ1n) is 10.6. The number of nitrogens with one attached hydrogen (secondary N) is 1. The summed E-state index contributed by atoms with van der Waals surface area (Å²) >= 11 is 0.836. The van der Waals surface area contributed by atoms with E-state index in [2.05, 4.69) is 19.2 Å². The lowest BCUT2D eigenvalue weighted by molar-refractivity contribution is -0.127. The second-order valence-corrected chi connectivity index (χ2v) is 8.99. The molecule has 33 heavy (non-hydrogen) atoms. The predicted molar refractivity (Wildman–Crippen MR) is 132 cm³/mol. The highest BCUT2D eigenvalue weighted by Gasteiger charge is 2.36. The third kappa shape index (κ3) is 4.78. The minimum absolute atomic E-state index is 0.282. The minimum Gasteiger partial charge on any atom is -0.496 e. The fraction of sp³-hybridized carbons (Fsp3) is 0.192. The fourth-order valence-corrected chi connectivity index (χ4v) is 4.50. The van der Waals surface area contributed by atoms with Gasteiger partial charge in [-0.1, -0.05) is 56.3 Å². The van der Waals surface area contributed by atoms with Crippen molar-refractivity contribution in [3.63, 3.8) is 0 Å². The van der Waals surface area contributed by atoms with Gasteiger partial charge in [0.05, 0.1) is 12.0 Å². The van der Waals surface area contributed by atoms with Crippen LogP contribution in [-0.4, -0.2) is 35.6 Å². The highest BCUT2D eigenvalue weighted by Crippen LogP contribution is 2.35. The summed E-state index contributed by atoms with van der Waals surface area (Å²) in [5, 5.41) is 4.11. The number of hydrogen-bond acceptors (Lipinski definition) is 5. The molecule has 3 aromatic carbocycles. The Bertz CT molecular complexity index is 1270. The molecule has 0 unspecified atom stereocenters. The fourth-order valence-electron chi connectivity index (χ4n) is 3.67. The van der Waals surface area contributed by atoms with E-state index in [1.807, 2.05) is 60.7 Å². The molecule has 7 heteroatoms. The van der Waals surface area contributed by atoms with Gasteiger partial charge in [0.1, 0.15) is 12.3 Å². The van der Waals surface area contributed by atoms with Gasteiger partial charge in [-0.3, -0.25) is 19.3 Å². The molecule has 0 aromatic heterocycles. The average Bonchev–Trinajstić information content (AvgIpc) is 3.07. The summed E-state index contributed by atoms with van der Waals surface area (Å²) in [7, 11) is 1.61. The number of hydrogen-bond donors (Lipinski definition) is 1. The van der Waals surface area contributed by atoms with Gasteiger partial charge >= 0.3 is 0 Å². The van der Waals surface area contributed by atoms with E-state index in [9.17, 15) is 14.4 Å². The molecule has 168 valence electrons. The van der Waals surface area contributed by atoms with Crippen LogP contribution in [0.2, 0.25) is 0 Å². The van der Waals surface area contributed by atoms with Crippen LogP contribution in [0.5, 0.6) is 5.75 Å². The molecule has 4 rings (SSSR count). The van der Waals surface area contributed by atoms with Crippen molar-refractivity contribution in [2.24, 2.45) is 0 Å². The quantitative estimate of drug-likeness (QED) is 0.481. The second-order valence-electron chi connectivity index (χ2n) is 8.00. The van der Waals surface area contributed by atoms with Crippen LogP contribution in [0.4, 0.5) is 10.5 Å². The molecule has 0 radical (unpaired) electrons. The van der Waals surface area contributed by atoms with E-state index in [1.54, 1.807) is 13.2 Å². The highest BCUT2D eigenvalue weighted by molar-refractivity contribution is 8.18. The zero-order chi connectivity index (χ0) is 23.5. The maximum absolute atomic E-state index is 12.9. The number of carbonyl (C=O) groups is 3. The number of imide groups is 1. The molecule has 1 fully saturated rings. The SMILES string of the molecule is COc1ccc(/C=C2/SC(=O)N(CC(=O)Nc3ccc(C(C)C)cc3)C2=O)c2ccccc12. The molecule has 3 aromatic rings. The molecule has 1 aliphatic rings. The first kappa shape index (κ1) is 22.6. The van der Waals surface area contributed by atoms with Crippen LogP contribution in [0.3, 0.4) is 0 Å². The third-order valence-corrected chi connectivity index (χ3v) is 6.37. The number of carbonyl (C=O) groups excluding carboxylic acids is 3. The monoisotopic (exact) mass is 460 g/mol. The number of rotatable bonds is 6. The highest BCUT2D eigenvalue weighted by atomic mass is 32.2. The largest absolute Gasteiger partial charge is 0.496 e. The van der Waals surface area contributed by atoms with Gasteiger partial charge in [-0.25, -0.2) is 0 Å². The van der Waals surface area contributed by atoms with Crippen LogP contribution in [0.1, 0.15) is 30.9 Å². The Morgan fingerprint density at radius 3 is 2.39 bits per heavy atom. The molecular formula is C26H24N2O4S. The van der Waals surface area contributed by atoms with E-state index in [1.165, 1.54) is 0 Å². The summed E-state index contributed by atoms with van der Waals surface area (Å²) in [4.78, 5) is 39.1. The van der Waals surface area contributed by atoms with E-state index in [4.69, 9.17) is 4.74 Å². The van der Waals surface area contributed by atoms with Crippen molar-refractivity contribution in [3.05, 3.63) is 76.7 Å². The van der Waals surface area contributed by atoms with Gasteiger partial charge in [-0.15, -0.1) is 0 Å². The maximum atomic E-state index is 12.9. The molecule has 6 nitrogen and oxygen atoms in total. The summed E-state index contributed by atoms with van der Waals surface area (Å²) in [5.41, 5.74) is 2.58. The number of anilines is 1. The van der Waals surface area contributed by atoms with Gasteiger partial charge in [-0.05, 0) is 58.5 Å². The van der Waals surface area contributed by atoms with E-state index in [0.717, 1.165) is 44.3 Å². The lowest BCUT2D eigenvalue weighted by atomic mass is 10.0. The number of amides is 3. The topological polar surface area (TPSA) is 75.7 Å². The van der Waals surface area contributed by atoms with Gasteiger partial charge in [-0.2, -0.15) is 0 Å². The smallest absolute Gasteiger partial charge is 0.294 e. The van der Waals surface area contributed by atoms with Crippen molar-refractivity contribution in [3.8, 4) is 5.75 Å². The molecule has 1 heterocycles. The van der Waals surface area contributed by atoms with E-state index >= 15 is 0 Å². The standard InChI is InChI=1S/C26H24N2O4S/c1-16(2)17-8-11-19(12-9-17)27-24(29)15-28-25(30)23(33-26(28)31)14-18-10-13-22(32-3)21-7-5-4-6-20(18)21/h4-14,16H,15H2,1-3H3,(H,27,29)/b23-14+. The minimum atomic E-state index is -0.477. The molecule has 0 bridgehead atoms. The molecule has 0 spiro atoms. The first-order chi connectivity index (χ1) is 15.9. The lowest BCUT2D eigenvalue weighted by Gasteiger charge is -2.13. The molecule has 0 aliphatic carbocycles. The molecule has 3 amide bonds. The molecule has 0 saturated carbocycles. The number of nitrogens with zero attached hydrogens (tertiary/aromatic N) is 1. The summed E-state index contributed by atoms with van der Waals surface area (Å²) < 4.78 is 5.42. The Labute approximate surface area is 196 Å². The van der Waals surface area contributed by atoms with Crippen LogP contribution in [0.15, 0.2) is 65.6 Å². The third-order valence-electron chi connectivity index (χ3n) is 5.46. The Hall–Kier alpha value is -3.58. The summed E-state index contributed by atoms with van der Waals surface area (Å²) in [5.74, 6) is 0.217. The number of benzene rings is 3. The molecular weight excluding hydrogens is 436 g/mol. The number of ether oxygens (including phenoxy) is 1. The van der Waals surface area contributed by atoms with Gasteiger partial charge in [0.2, 0.25) is 5.91 Å². The molecule has 0 atom stereocenters. The van der Waals surface area contributed by atoms with Gasteiger partial charge in [0.25, 0.3) is 11.1 Å². The molecule has 1 saturated heterocycles. The Kier molecular flexibility index (Phi) is 6.51. The maximum Gasteiger partial charge on any atom is 0.294 e. The van der Waals surface area contributed by atoms with Gasteiger partial charge in [0, 0.05) is 11.1 Å². The number of methoxy groups -OCH3 is 1. The van der Waals surface area contributed by atoms with Crippen LogP contribution in [0.25, 0.3) is 16.8 Å². The van der Waals surface area contributed by atoms with Crippen molar-refractivity contribution >= 4 is 51.4 Å². The van der Waals surface area contributed by atoms with Crippen molar-refractivity contribution in [1.82, 2.24) is 4.90 Å². The van der Waals surface area contributed by atoms with E-state index in [0.29, 0.717) is 11.6 Å². The number of thioether (sulfide) groups is 1. The summed E-state index contributed by atoms with van der Waals surface area (Å²) in [6.07, 6.45) is 1.69. The number of fused-ring (bicyclic) bond motifs is 1. The first-order valence-corrected chi connectivity index (χ1v) is 11.4. The van der Waals surface area contributed by atoms with E-state index < -0.39 is 17.1 Å². The average molecular weight is 461 g/mol. The summed E-state index contributed by atoms with van der Waals surface area (Å²) in [6, 6.07) is 18.9. The van der Waals surface area contributed by atoms with Crippen molar-refractivity contribution in [1.29, 1.82) is 0 Å². The van der Waals surface area contributed by atoms with Crippen LogP contribution in [-0.2, 0) is 9.59 Å². The Morgan fingerprint density at radius 2 is 1.73 bits per heavy atom.